The number of aryl methyl sites for hydroxylation is 1. The third kappa shape index (κ3) is 3.09. The van der Waals surface area contributed by atoms with Crippen LogP contribution in [0.15, 0.2) is 30.3 Å². The second-order valence-corrected chi connectivity index (χ2v) is 6.86. The Hall–Kier alpha value is -2.02. The average Bonchev–Trinajstić information content (AvgIpc) is 2.88. The van der Waals surface area contributed by atoms with Gasteiger partial charge in [0, 0.05) is 21.8 Å². The Bertz CT molecular complexity index is 979. The van der Waals surface area contributed by atoms with Crippen molar-refractivity contribution in [2.75, 3.05) is 0 Å². The first-order chi connectivity index (χ1) is 12.1. The molecule has 0 aliphatic carbocycles. The predicted molar refractivity (Wildman–Crippen MR) is 93.8 cm³/mol. The lowest BCUT2D eigenvalue weighted by atomic mass is 9.86. The minimum Gasteiger partial charge on any atom is -0.379 e. The van der Waals surface area contributed by atoms with Crippen molar-refractivity contribution in [2.45, 2.75) is 19.4 Å². The molecule has 2 N–H and O–H groups in total. The van der Waals surface area contributed by atoms with Gasteiger partial charge in [-0.25, -0.2) is 13.2 Å². The summed E-state index contributed by atoms with van der Waals surface area (Å²) in [4.78, 5) is 0. The molecule has 0 bridgehead atoms. The Balaban J connectivity index is 2.26. The summed E-state index contributed by atoms with van der Waals surface area (Å²) in [6.07, 6.45) is 0. The van der Waals surface area contributed by atoms with Gasteiger partial charge in [-0.05, 0) is 44.2 Å². The van der Waals surface area contributed by atoms with E-state index in [0.29, 0.717) is 16.8 Å². The highest BCUT2D eigenvalue weighted by Gasteiger charge is 2.38. The van der Waals surface area contributed by atoms with Crippen LogP contribution in [0.5, 0.6) is 0 Å². The van der Waals surface area contributed by atoms with Crippen LogP contribution in [0.1, 0.15) is 23.9 Å². The summed E-state index contributed by atoms with van der Waals surface area (Å²) in [5, 5.41) is 17.6. The molecule has 26 heavy (non-hydrogen) atoms. The molecule has 0 aliphatic rings. The molecule has 1 heterocycles. The number of aromatic nitrogens is 2. The first-order valence-corrected chi connectivity index (χ1v) is 8.26. The van der Waals surface area contributed by atoms with Gasteiger partial charge < -0.3 is 5.11 Å². The van der Waals surface area contributed by atoms with Crippen LogP contribution in [0.25, 0.3) is 11.1 Å². The first-order valence-electron chi connectivity index (χ1n) is 7.51. The van der Waals surface area contributed by atoms with Gasteiger partial charge in [-0.3, -0.25) is 5.10 Å². The third-order valence-electron chi connectivity index (χ3n) is 4.10. The molecule has 0 radical (unpaired) electrons. The Kier molecular flexibility index (Phi) is 4.77. The number of halogens is 5. The third-order valence-corrected chi connectivity index (χ3v) is 4.63. The van der Waals surface area contributed by atoms with E-state index >= 15 is 0 Å². The summed E-state index contributed by atoms with van der Waals surface area (Å²) in [5.74, 6) is -2.57. The molecule has 136 valence electrons. The number of aliphatic hydroxyl groups is 1. The van der Waals surface area contributed by atoms with Crippen molar-refractivity contribution in [3.8, 4) is 11.1 Å². The second kappa shape index (κ2) is 6.61. The van der Waals surface area contributed by atoms with Crippen molar-refractivity contribution in [3.05, 3.63) is 74.8 Å². The van der Waals surface area contributed by atoms with Crippen LogP contribution in [-0.2, 0) is 5.60 Å². The highest BCUT2D eigenvalue weighted by atomic mass is 35.5. The number of H-pyrrole nitrogens is 1. The topological polar surface area (TPSA) is 48.9 Å². The van der Waals surface area contributed by atoms with Crippen molar-refractivity contribution >= 4 is 23.2 Å². The summed E-state index contributed by atoms with van der Waals surface area (Å²) >= 11 is 11.8. The summed E-state index contributed by atoms with van der Waals surface area (Å²) in [6, 6.07) is 5.50. The van der Waals surface area contributed by atoms with E-state index in [1.165, 1.54) is 19.1 Å². The SMILES string of the molecule is Cc1[nH]nc(C(C)(O)c2c(F)cc(Cl)cc2F)c1-c1ccc(F)cc1Cl. The molecule has 0 spiro atoms. The molecule has 3 aromatic rings. The van der Waals surface area contributed by atoms with Crippen molar-refractivity contribution < 1.29 is 18.3 Å². The summed E-state index contributed by atoms with van der Waals surface area (Å²) in [5.41, 5.74) is -1.62. The maximum Gasteiger partial charge on any atom is 0.137 e. The van der Waals surface area contributed by atoms with Crippen LogP contribution in [-0.4, -0.2) is 15.3 Å². The highest BCUT2D eigenvalue weighted by molar-refractivity contribution is 6.33. The number of hydrogen-bond donors (Lipinski definition) is 2. The van der Waals surface area contributed by atoms with E-state index in [1.54, 1.807) is 6.92 Å². The number of benzene rings is 2. The largest absolute Gasteiger partial charge is 0.379 e. The van der Waals surface area contributed by atoms with Crippen LogP contribution in [0.2, 0.25) is 10.0 Å². The maximum atomic E-state index is 14.4. The van der Waals surface area contributed by atoms with E-state index in [0.717, 1.165) is 18.2 Å². The molecule has 3 nitrogen and oxygen atoms in total. The minimum atomic E-state index is -2.14. The first kappa shape index (κ1) is 18.8. The summed E-state index contributed by atoms with van der Waals surface area (Å²) in [6.45, 7) is 2.86. The number of nitrogens with zero attached hydrogens (tertiary/aromatic N) is 1. The van der Waals surface area contributed by atoms with Gasteiger partial charge in [-0.1, -0.05) is 23.2 Å². The minimum absolute atomic E-state index is 0.0522. The summed E-state index contributed by atoms with van der Waals surface area (Å²) in [7, 11) is 0. The zero-order valence-corrected chi connectivity index (χ0v) is 15.2. The molecular weight excluding hydrogens is 388 g/mol. The number of nitrogens with one attached hydrogen (secondary N) is 1. The van der Waals surface area contributed by atoms with Crippen LogP contribution < -0.4 is 0 Å². The van der Waals surface area contributed by atoms with E-state index in [4.69, 9.17) is 23.2 Å². The normalized spacial score (nSPS) is 13.7. The number of rotatable bonds is 3. The number of hydrogen-bond acceptors (Lipinski definition) is 2. The van der Waals surface area contributed by atoms with E-state index < -0.39 is 28.6 Å². The lowest BCUT2D eigenvalue weighted by Gasteiger charge is -2.25. The maximum absolute atomic E-state index is 14.4. The van der Waals surface area contributed by atoms with Gasteiger partial charge >= 0.3 is 0 Å². The van der Waals surface area contributed by atoms with E-state index in [9.17, 15) is 18.3 Å². The molecule has 1 aromatic heterocycles. The van der Waals surface area contributed by atoms with Crippen LogP contribution in [0.3, 0.4) is 0 Å². The fourth-order valence-electron chi connectivity index (χ4n) is 2.93. The average molecular weight is 401 g/mol. The standard InChI is InChI=1S/C18H13Cl2F3N2O/c1-8-15(11-4-3-10(21)7-12(11)20)17(25-24-8)18(2,26)16-13(22)5-9(19)6-14(16)23/h3-7,26H,1-2H3,(H,24,25). The molecule has 0 saturated heterocycles. The molecule has 2 aromatic carbocycles. The van der Waals surface area contributed by atoms with Crippen molar-refractivity contribution in [1.82, 2.24) is 10.2 Å². The molecule has 0 aliphatic heterocycles. The molecule has 1 atom stereocenters. The molecule has 1 unspecified atom stereocenters. The van der Waals surface area contributed by atoms with Gasteiger partial charge in [0.15, 0.2) is 0 Å². The monoisotopic (exact) mass is 400 g/mol. The molecule has 0 fully saturated rings. The molecular formula is C18H13Cl2F3N2O. The Morgan fingerprint density at radius 1 is 1.08 bits per heavy atom. The molecule has 0 saturated carbocycles. The van der Waals surface area contributed by atoms with Gasteiger partial charge in [0.1, 0.15) is 28.7 Å². The van der Waals surface area contributed by atoms with Crippen molar-refractivity contribution in [1.29, 1.82) is 0 Å². The second-order valence-electron chi connectivity index (χ2n) is 6.01. The number of aromatic amines is 1. The van der Waals surface area contributed by atoms with Gasteiger partial charge in [0.05, 0.1) is 10.6 Å². The fraction of sp³-hybridized carbons (Fsp3) is 0.167. The van der Waals surface area contributed by atoms with Gasteiger partial charge in [0.25, 0.3) is 0 Å². The quantitative estimate of drug-likeness (QED) is 0.621. The van der Waals surface area contributed by atoms with E-state index in [2.05, 4.69) is 10.2 Å². The lowest BCUT2D eigenvalue weighted by molar-refractivity contribution is 0.0892. The van der Waals surface area contributed by atoms with E-state index in [-0.39, 0.29) is 15.7 Å². The van der Waals surface area contributed by atoms with Crippen molar-refractivity contribution in [2.24, 2.45) is 0 Å². The fourth-order valence-corrected chi connectivity index (χ4v) is 3.38. The van der Waals surface area contributed by atoms with Crippen LogP contribution >= 0.6 is 23.2 Å². The van der Waals surface area contributed by atoms with Crippen molar-refractivity contribution in [3.63, 3.8) is 0 Å². The van der Waals surface area contributed by atoms with E-state index in [1.807, 2.05) is 0 Å². The van der Waals surface area contributed by atoms with Gasteiger partial charge in [-0.15, -0.1) is 0 Å². The smallest absolute Gasteiger partial charge is 0.137 e. The predicted octanol–water partition coefficient (Wildman–Crippen LogP) is 5.37. The lowest BCUT2D eigenvalue weighted by Crippen LogP contribution is -2.27. The molecule has 0 amide bonds. The van der Waals surface area contributed by atoms with Crippen LogP contribution in [0, 0.1) is 24.4 Å². The Labute approximate surface area is 157 Å². The Morgan fingerprint density at radius 2 is 1.69 bits per heavy atom. The Morgan fingerprint density at radius 3 is 2.27 bits per heavy atom. The molecule has 3 rings (SSSR count). The summed E-state index contributed by atoms with van der Waals surface area (Å²) < 4.78 is 42.1. The zero-order chi connectivity index (χ0) is 19.2. The molecule has 8 heteroatoms. The van der Waals surface area contributed by atoms with Crippen LogP contribution in [0.4, 0.5) is 13.2 Å². The van der Waals surface area contributed by atoms with Gasteiger partial charge in [0.2, 0.25) is 0 Å². The van der Waals surface area contributed by atoms with Gasteiger partial charge in [-0.2, -0.15) is 5.10 Å². The highest BCUT2D eigenvalue weighted by Crippen LogP contribution is 2.41. The zero-order valence-electron chi connectivity index (χ0n) is 13.7.